The van der Waals surface area contributed by atoms with Crippen LogP contribution in [-0.4, -0.2) is 63.5 Å². The minimum atomic E-state index is -0.586. The molecule has 0 fully saturated rings. The number of hydrogen-bond acceptors (Lipinski definition) is 12. The molecule has 0 bridgehead atoms. The molecular formula is C108H88F2Ir4N4O8-4. The smallest absolute Gasteiger partial charge is 0.155 e. The topological polar surface area (TPSA) is 201 Å². The number of carbonyl (C=O) groups is 4. The third-order valence-corrected chi connectivity index (χ3v) is 18.1. The van der Waals surface area contributed by atoms with Gasteiger partial charge in [0, 0.05) is 158 Å². The Kier molecular flexibility index (Phi) is 42.0. The third kappa shape index (κ3) is 30.5. The van der Waals surface area contributed by atoms with Gasteiger partial charge < -0.3 is 20.4 Å². The number of pyridine rings is 4. The fourth-order valence-electron chi connectivity index (χ4n) is 13.1. The normalized spacial score (nSPS) is 10.7. The molecule has 12 nitrogen and oxygen atoms in total. The molecular weight excluding hydrogens is 2290 g/mol. The van der Waals surface area contributed by atoms with Crippen LogP contribution in [0.2, 0.25) is 0 Å². The van der Waals surface area contributed by atoms with Crippen LogP contribution in [0.4, 0.5) is 8.78 Å². The van der Waals surface area contributed by atoms with E-state index in [0.717, 1.165) is 94.2 Å². The van der Waals surface area contributed by atoms with Gasteiger partial charge in [-0.1, -0.05) is 251 Å². The number of nitrogens with zero attached hydrogens (tertiary/aromatic N) is 4. The molecule has 4 aromatic heterocycles. The van der Waals surface area contributed by atoms with Crippen molar-refractivity contribution >= 4 is 77.5 Å². The SMILES string of the molecule is CC(=O)C=C(C)O.CC(=O)C=C(C)O.CC(=O)C=C(C)O.CC(=O)C=C(C)O.Fc1ccc(-c2cc[c-]c(-c3cccc4cccnc34)c2)c(F)c1.[Ir].[Ir].[Ir].[Ir].[c-]1cc(-c2ccccc2)ccc1-c1cccc2cccnc12.[c-]1ccc(-c2cccc3ccccc23)cc1-c1cccc2cccnc12.[c-]1cccc(-c2ccccc2)c1-c1cccc2cccnc12. The molecule has 0 saturated heterocycles. The molecule has 0 aliphatic heterocycles. The Labute approximate surface area is 787 Å². The molecule has 0 atom stereocenters. The van der Waals surface area contributed by atoms with Crippen molar-refractivity contribution in [3.63, 3.8) is 0 Å². The van der Waals surface area contributed by atoms with Gasteiger partial charge in [0.1, 0.15) is 11.6 Å². The Bertz CT molecular complexity index is 6380. The maximum atomic E-state index is 14.1. The second-order valence-electron chi connectivity index (χ2n) is 27.9. The van der Waals surface area contributed by atoms with Crippen LogP contribution in [0.15, 0.2) is 388 Å². The number of allylic oxidation sites excluding steroid dienone is 8. The number of benzene rings is 13. The average molecular weight is 2380 g/mol. The maximum absolute atomic E-state index is 14.1. The van der Waals surface area contributed by atoms with Gasteiger partial charge in [0.25, 0.3) is 0 Å². The van der Waals surface area contributed by atoms with E-state index in [2.05, 4.69) is 238 Å². The largest absolute Gasteiger partial charge is 0.512 e. The molecule has 0 aliphatic rings. The summed E-state index contributed by atoms with van der Waals surface area (Å²) in [5.74, 6) is -1.42. The summed E-state index contributed by atoms with van der Waals surface area (Å²) in [4.78, 5) is 58.2. The Morgan fingerprint density at radius 3 is 1.04 bits per heavy atom. The minimum Gasteiger partial charge on any atom is -0.512 e. The summed E-state index contributed by atoms with van der Waals surface area (Å²) in [7, 11) is 0. The Morgan fingerprint density at radius 2 is 0.635 bits per heavy atom. The molecule has 0 unspecified atom stereocenters. The first kappa shape index (κ1) is 102. The van der Waals surface area contributed by atoms with E-state index in [1.54, 1.807) is 18.3 Å². The van der Waals surface area contributed by atoms with Crippen LogP contribution in [0.3, 0.4) is 0 Å². The molecule has 126 heavy (non-hydrogen) atoms. The van der Waals surface area contributed by atoms with Crippen molar-refractivity contribution in [2.75, 3.05) is 0 Å². The van der Waals surface area contributed by atoms with Crippen LogP contribution in [-0.2, 0) is 99.6 Å². The molecule has 0 amide bonds. The summed E-state index contributed by atoms with van der Waals surface area (Å²) in [5.41, 5.74) is 20.5. The van der Waals surface area contributed by atoms with Crippen molar-refractivity contribution in [2.45, 2.75) is 55.4 Å². The van der Waals surface area contributed by atoms with Crippen molar-refractivity contribution in [3.05, 3.63) is 423 Å². The molecule has 642 valence electrons. The number of ketones is 4. The van der Waals surface area contributed by atoms with Gasteiger partial charge in [0.05, 0.1) is 23.0 Å². The Morgan fingerprint density at radius 1 is 0.278 bits per heavy atom. The molecule has 0 spiro atoms. The summed E-state index contributed by atoms with van der Waals surface area (Å²) >= 11 is 0. The zero-order valence-corrected chi connectivity index (χ0v) is 79.5. The molecule has 4 heterocycles. The van der Waals surface area contributed by atoms with Crippen molar-refractivity contribution < 1.29 is 129 Å². The van der Waals surface area contributed by atoms with Gasteiger partial charge in [-0.05, 0) is 129 Å². The van der Waals surface area contributed by atoms with Gasteiger partial charge in [0.2, 0.25) is 0 Å². The van der Waals surface area contributed by atoms with Crippen LogP contribution in [0.25, 0.3) is 143 Å². The van der Waals surface area contributed by atoms with Crippen LogP contribution in [0.5, 0.6) is 0 Å². The Balaban J connectivity index is 0.000000233. The van der Waals surface area contributed by atoms with Crippen LogP contribution in [0, 0.1) is 35.9 Å². The number of halogens is 2. The molecule has 4 N–H and O–H groups in total. The summed E-state index contributed by atoms with van der Waals surface area (Å²) in [6, 6.07) is 118. The van der Waals surface area contributed by atoms with Crippen molar-refractivity contribution in [1.29, 1.82) is 0 Å². The van der Waals surface area contributed by atoms with E-state index in [9.17, 15) is 28.0 Å². The fourth-order valence-corrected chi connectivity index (χ4v) is 13.1. The van der Waals surface area contributed by atoms with Gasteiger partial charge in [-0.25, -0.2) is 8.78 Å². The van der Waals surface area contributed by atoms with Crippen molar-refractivity contribution in [3.8, 4) is 89.0 Å². The predicted molar refractivity (Wildman–Crippen MR) is 491 cm³/mol. The van der Waals surface area contributed by atoms with E-state index in [4.69, 9.17) is 20.4 Å². The van der Waals surface area contributed by atoms with Gasteiger partial charge >= 0.3 is 0 Å². The zero-order chi connectivity index (χ0) is 86.9. The van der Waals surface area contributed by atoms with E-state index in [0.29, 0.717) is 11.1 Å². The summed E-state index contributed by atoms with van der Waals surface area (Å²) in [6.07, 6.45) is 11.9. The second kappa shape index (κ2) is 52.0. The standard InChI is InChI=1S/C25H16N.C21H12F2N.2C21H14N.4C5H8O2.4Ir/c1-2-13-22-18(7-1)8-4-14-23(22)20-10-3-11-21(17-20)24-15-5-9-19-12-6-16-26-25(19)24;22-17-9-10-18(20(23)13-17)15-5-1-6-16(12-15)19-8-2-4-14-7-3-11-24-21(14)19;1-2-6-16(7-3-1)17-11-13-18(14-12-17)20-10-4-8-19-9-5-15-22-21(19)20;1-2-8-16(9-3-1)18-12-4-5-13-19(18)20-14-6-10-17-11-7-15-22-21(17)20;4*1-4(6)3-5(2)7;;;;/h1-10,12-17H;1-5,7-13H;1-13,15H;1-12,14-15H;4*3,6H,1-2H3;;;;/q4*-1;;;;;;;;. The minimum absolute atomic E-state index is 0. The number of fused-ring (bicyclic) bond motifs is 5. The van der Waals surface area contributed by atoms with Crippen LogP contribution in [0.1, 0.15) is 55.4 Å². The number of aromatic nitrogens is 4. The van der Waals surface area contributed by atoms with E-state index in [1.807, 2.05) is 110 Å². The summed E-state index contributed by atoms with van der Waals surface area (Å²) in [5, 5.41) is 40.5. The summed E-state index contributed by atoms with van der Waals surface area (Å²) in [6.45, 7) is 11.4. The predicted octanol–water partition coefficient (Wildman–Crippen LogP) is 27.0. The first-order chi connectivity index (χ1) is 59.0. The number of aliphatic hydroxyl groups excluding tert-OH is 4. The maximum Gasteiger partial charge on any atom is 0.155 e. The van der Waals surface area contributed by atoms with Gasteiger partial charge in [-0.15, -0.1) is 130 Å². The first-order valence-electron chi connectivity index (χ1n) is 39.0. The molecule has 17 aromatic rings. The monoisotopic (exact) mass is 2380 g/mol. The molecule has 13 aromatic carbocycles. The van der Waals surface area contributed by atoms with Gasteiger partial charge in [-0.2, -0.15) is 0 Å². The fraction of sp³-hybridized carbons (Fsp3) is 0.0741. The molecule has 17 rings (SSSR count). The number of rotatable bonds is 12. The third-order valence-electron chi connectivity index (χ3n) is 18.1. The quantitative estimate of drug-likeness (QED) is 0.0513. The number of para-hydroxylation sites is 4. The van der Waals surface area contributed by atoms with E-state index in [1.165, 1.54) is 136 Å². The molecule has 0 aliphatic carbocycles. The van der Waals surface area contributed by atoms with Crippen LogP contribution >= 0.6 is 0 Å². The Hall–Kier alpha value is -12.9. The van der Waals surface area contributed by atoms with Gasteiger partial charge in [-0.3, -0.25) is 39.1 Å². The van der Waals surface area contributed by atoms with E-state index < -0.39 is 11.6 Å². The van der Waals surface area contributed by atoms with E-state index in [-0.39, 0.29) is 127 Å². The zero-order valence-electron chi connectivity index (χ0n) is 69.9. The first-order valence-corrected chi connectivity index (χ1v) is 39.0. The number of hydrogen-bond donors (Lipinski definition) is 4. The molecule has 0 saturated carbocycles. The number of carbonyl (C=O) groups excluding carboxylic acids is 4. The van der Waals surface area contributed by atoms with E-state index >= 15 is 0 Å². The van der Waals surface area contributed by atoms with Crippen molar-refractivity contribution in [1.82, 2.24) is 19.9 Å². The second-order valence-corrected chi connectivity index (χ2v) is 27.9. The number of aliphatic hydroxyl groups is 4. The molecule has 4 radical (unpaired) electrons. The molecule has 18 heteroatoms. The average Bonchev–Trinajstić information content (AvgIpc) is 0.805. The van der Waals surface area contributed by atoms with Gasteiger partial charge in [0.15, 0.2) is 23.1 Å². The van der Waals surface area contributed by atoms with Crippen LogP contribution < -0.4 is 0 Å². The van der Waals surface area contributed by atoms with Crippen molar-refractivity contribution in [2.24, 2.45) is 0 Å². The summed E-state index contributed by atoms with van der Waals surface area (Å²) < 4.78 is 27.2.